The number of anilines is 1. The molecule has 5 aromatic rings. The normalized spacial score (nSPS) is 14.0. The van der Waals surface area contributed by atoms with Crippen LogP contribution < -0.4 is 5.32 Å². The second-order valence-corrected chi connectivity index (χ2v) is 8.49. The van der Waals surface area contributed by atoms with E-state index < -0.39 is 0 Å². The third kappa shape index (κ3) is 3.13. The number of carbonyl (C=O) groups is 1. The first-order valence-electron chi connectivity index (χ1n) is 10.8. The Bertz CT molecular complexity index is 1480. The van der Waals surface area contributed by atoms with Crippen molar-refractivity contribution in [2.75, 3.05) is 5.32 Å². The number of para-hydroxylation sites is 1. The lowest BCUT2D eigenvalue weighted by Gasteiger charge is -2.24. The molecule has 0 unspecified atom stereocenters. The molecule has 6 rings (SSSR count). The van der Waals surface area contributed by atoms with Crippen molar-refractivity contribution in [2.24, 2.45) is 5.92 Å². The number of nitrogens with one attached hydrogen (secondary N) is 3. The maximum absolute atomic E-state index is 12.3. The second kappa shape index (κ2) is 7.30. The van der Waals surface area contributed by atoms with Gasteiger partial charge in [-0.1, -0.05) is 24.6 Å². The molecule has 7 heteroatoms. The summed E-state index contributed by atoms with van der Waals surface area (Å²) in [7, 11) is 0. The Labute approximate surface area is 184 Å². The van der Waals surface area contributed by atoms with Crippen molar-refractivity contribution >= 4 is 33.4 Å². The van der Waals surface area contributed by atoms with Gasteiger partial charge in [-0.3, -0.25) is 19.9 Å². The summed E-state index contributed by atoms with van der Waals surface area (Å²) in [4.78, 5) is 24.7. The molecule has 0 bridgehead atoms. The number of aromatic nitrogens is 5. The zero-order valence-corrected chi connectivity index (χ0v) is 17.6. The molecular formula is C25H22N6O. The van der Waals surface area contributed by atoms with Crippen molar-refractivity contribution in [2.45, 2.75) is 26.2 Å². The molecule has 7 nitrogen and oxygen atoms in total. The summed E-state index contributed by atoms with van der Waals surface area (Å²) in [6, 6.07) is 12.3. The quantitative estimate of drug-likeness (QED) is 0.370. The van der Waals surface area contributed by atoms with Crippen LogP contribution in [0.1, 0.15) is 24.8 Å². The molecule has 32 heavy (non-hydrogen) atoms. The number of benzene rings is 1. The van der Waals surface area contributed by atoms with Crippen LogP contribution in [-0.2, 0) is 4.79 Å². The van der Waals surface area contributed by atoms with Gasteiger partial charge in [-0.15, -0.1) is 0 Å². The van der Waals surface area contributed by atoms with Crippen LogP contribution in [0.15, 0.2) is 55.0 Å². The molecule has 1 aliphatic rings. The predicted molar refractivity (Wildman–Crippen MR) is 125 cm³/mol. The summed E-state index contributed by atoms with van der Waals surface area (Å²) in [5, 5.41) is 12.8. The van der Waals surface area contributed by atoms with Crippen LogP contribution in [0.5, 0.6) is 0 Å². The number of fused-ring (bicyclic) bond motifs is 2. The zero-order valence-electron chi connectivity index (χ0n) is 17.6. The lowest BCUT2D eigenvalue weighted by molar-refractivity contribution is -0.122. The van der Waals surface area contributed by atoms with Gasteiger partial charge in [-0.2, -0.15) is 5.10 Å². The Morgan fingerprint density at radius 2 is 2.03 bits per heavy atom. The van der Waals surface area contributed by atoms with Crippen LogP contribution >= 0.6 is 0 Å². The van der Waals surface area contributed by atoms with E-state index in [1.54, 1.807) is 18.6 Å². The van der Waals surface area contributed by atoms with E-state index in [-0.39, 0.29) is 11.8 Å². The maximum Gasteiger partial charge on any atom is 0.227 e. The van der Waals surface area contributed by atoms with Crippen molar-refractivity contribution < 1.29 is 4.79 Å². The molecule has 3 N–H and O–H groups in total. The Hall–Kier alpha value is -4.00. The number of rotatable bonds is 4. The van der Waals surface area contributed by atoms with E-state index in [4.69, 9.17) is 0 Å². The largest absolute Gasteiger partial charge is 0.353 e. The molecule has 4 aromatic heterocycles. The summed E-state index contributed by atoms with van der Waals surface area (Å²) in [6.07, 6.45) is 8.29. The number of pyridine rings is 2. The van der Waals surface area contributed by atoms with Crippen LogP contribution in [0.2, 0.25) is 0 Å². The highest BCUT2D eigenvalue weighted by Crippen LogP contribution is 2.32. The molecule has 0 atom stereocenters. The Morgan fingerprint density at radius 1 is 1.12 bits per heavy atom. The molecule has 0 saturated heterocycles. The lowest BCUT2D eigenvalue weighted by atomic mass is 9.85. The number of aryl methyl sites for hydroxylation is 1. The average molecular weight is 422 g/mol. The summed E-state index contributed by atoms with van der Waals surface area (Å²) < 4.78 is 0. The number of H-pyrrole nitrogens is 2. The van der Waals surface area contributed by atoms with Crippen molar-refractivity contribution in [1.82, 2.24) is 25.1 Å². The van der Waals surface area contributed by atoms with Crippen LogP contribution in [0.3, 0.4) is 0 Å². The summed E-state index contributed by atoms with van der Waals surface area (Å²) >= 11 is 0. The highest BCUT2D eigenvalue weighted by Gasteiger charge is 2.25. The molecule has 0 aliphatic heterocycles. The third-order valence-electron chi connectivity index (χ3n) is 6.34. The number of aromatic amines is 2. The minimum Gasteiger partial charge on any atom is -0.353 e. The van der Waals surface area contributed by atoms with E-state index in [1.165, 1.54) is 5.56 Å². The van der Waals surface area contributed by atoms with Gasteiger partial charge in [0.15, 0.2) is 0 Å². The first kappa shape index (κ1) is 18.7. The SMILES string of the molecule is Cc1cccc2cc(-c3n[nH]c4cnc(-c5cncc(NC(=O)C6CCC6)c5)cc34)[nH]c12. The van der Waals surface area contributed by atoms with Gasteiger partial charge < -0.3 is 10.3 Å². The highest BCUT2D eigenvalue weighted by atomic mass is 16.1. The average Bonchev–Trinajstić information content (AvgIpc) is 3.37. The highest BCUT2D eigenvalue weighted by molar-refractivity contribution is 5.98. The summed E-state index contributed by atoms with van der Waals surface area (Å²) in [5.41, 5.74) is 7.30. The summed E-state index contributed by atoms with van der Waals surface area (Å²) in [5.74, 6) is 0.200. The number of nitrogens with zero attached hydrogens (tertiary/aromatic N) is 3. The van der Waals surface area contributed by atoms with E-state index in [2.05, 4.69) is 61.7 Å². The Morgan fingerprint density at radius 3 is 2.84 bits per heavy atom. The number of hydrogen-bond donors (Lipinski definition) is 3. The van der Waals surface area contributed by atoms with E-state index >= 15 is 0 Å². The van der Waals surface area contributed by atoms with Crippen molar-refractivity contribution in [3.63, 3.8) is 0 Å². The Kier molecular flexibility index (Phi) is 4.28. The van der Waals surface area contributed by atoms with Crippen molar-refractivity contribution in [1.29, 1.82) is 0 Å². The first-order chi connectivity index (χ1) is 15.7. The van der Waals surface area contributed by atoms with Crippen molar-refractivity contribution in [3.8, 4) is 22.6 Å². The van der Waals surface area contributed by atoms with Crippen LogP contribution in [0.4, 0.5) is 5.69 Å². The zero-order chi connectivity index (χ0) is 21.7. The lowest BCUT2D eigenvalue weighted by Crippen LogP contribution is -2.28. The molecular weight excluding hydrogens is 400 g/mol. The van der Waals surface area contributed by atoms with E-state index in [0.29, 0.717) is 5.69 Å². The minimum atomic E-state index is 0.0739. The minimum absolute atomic E-state index is 0.0739. The fourth-order valence-electron chi connectivity index (χ4n) is 4.28. The van der Waals surface area contributed by atoms with Gasteiger partial charge in [-0.25, -0.2) is 0 Å². The monoisotopic (exact) mass is 422 g/mol. The van der Waals surface area contributed by atoms with Gasteiger partial charge in [0.25, 0.3) is 0 Å². The third-order valence-corrected chi connectivity index (χ3v) is 6.34. The Balaban J connectivity index is 1.37. The fourth-order valence-corrected chi connectivity index (χ4v) is 4.28. The van der Waals surface area contributed by atoms with E-state index in [0.717, 1.165) is 63.7 Å². The van der Waals surface area contributed by atoms with Crippen LogP contribution in [-0.4, -0.2) is 31.1 Å². The van der Waals surface area contributed by atoms with E-state index in [9.17, 15) is 4.79 Å². The summed E-state index contributed by atoms with van der Waals surface area (Å²) in [6.45, 7) is 2.09. The molecule has 0 spiro atoms. The van der Waals surface area contributed by atoms with Gasteiger partial charge in [0.2, 0.25) is 5.91 Å². The first-order valence-corrected chi connectivity index (χ1v) is 10.8. The standard InChI is InChI=1S/C25H22N6O/c1-14-4-2-7-16-9-21(29-23(14)16)24-19-10-20(27-13-22(19)30-31-24)17-8-18(12-26-11-17)28-25(32)15-5-3-6-15/h2,4,7-13,15,29H,3,5-6H2,1H3,(H,28,32)(H,30,31). The molecule has 1 fully saturated rings. The van der Waals surface area contributed by atoms with Gasteiger partial charge in [0.1, 0.15) is 5.69 Å². The fraction of sp³-hybridized carbons (Fsp3) is 0.200. The maximum atomic E-state index is 12.3. The topological polar surface area (TPSA) is 99.3 Å². The van der Waals surface area contributed by atoms with Gasteiger partial charge in [-0.05, 0) is 43.5 Å². The molecule has 0 radical (unpaired) electrons. The van der Waals surface area contributed by atoms with Crippen molar-refractivity contribution in [3.05, 3.63) is 60.6 Å². The van der Waals surface area contributed by atoms with Crippen LogP contribution in [0, 0.1) is 12.8 Å². The van der Waals surface area contributed by atoms with Gasteiger partial charge >= 0.3 is 0 Å². The smallest absolute Gasteiger partial charge is 0.227 e. The molecule has 1 amide bonds. The van der Waals surface area contributed by atoms with Gasteiger partial charge in [0.05, 0.1) is 35.0 Å². The molecule has 1 saturated carbocycles. The van der Waals surface area contributed by atoms with E-state index in [1.807, 2.05) is 12.1 Å². The van der Waals surface area contributed by atoms with Gasteiger partial charge in [0, 0.05) is 34.0 Å². The molecule has 158 valence electrons. The number of carbonyl (C=O) groups excluding carboxylic acids is 1. The predicted octanol–water partition coefficient (Wildman–Crippen LogP) is 5.22. The molecule has 1 aromatic carbocycles. The second-order valence-electron chi connectivity index (χ2n) is 8.49. The number of amides is 1. The molecule has 4 heterocycles. The molecule has 1 aliphatic carbocycles. The number of hydrogen-bond acceptors (Lipinski definition) is 4. The van der Waals surface area contributed by atoms with Crippen LogP contribution in [0.25, 0.3) is 44.5 Å².